The fraction of sp³-hybridized carbons (Fsp3) is 0.625. The third-order valence-corrected chi connectivity index (χ3v) is 6.20. The molecule has 33 heavy (non-hydrogen) atoms. The zero-order valence-electron chi connectivity index (χ0n) is 19.9. The predicted octanol–water partition coefficient (Wildman–Crippen LogP) is 3.39. The van der Waals surface area contributed by atoms with Crippen LogP contribution in [0.3, 0.4) is 0 Å². The summed E-state index contributed by atoms with van der Waals surface area (Å²) in [6.45, 7) is 7.85. The molecule has 182 valence electrons. The fourth-order valence-electron chi connectivity index (χ4n) is 4.55. The lowest BCUT2D eigenvalue weighted by atomic mass is 9.89. The lowest BCUT2D eigenvalue weighted by Gasteiger charge is -2.31. The highest BCUT2D eigenvalue weighted by Crippen LogP contribution is 2.34. The Labute approximate surface area is 214 Å². The normalized spacial score (nSPS) is 22.9. The molecule has 0 spiro atoms. The number of guanidine groups is 1. The number of aliphatic imine (C=N–C) groups is 1. The molecule has 1 aromatic heterocycles. The van der Waals surface area contributed by atoms with Crippen molar-refractivity contribution in [2.45, 2.75) is 64.8 Å². The number of nitrogens with zero attached hydrogens (tertiary/aromatic N) is 4. The van der Waals surface area contributed by atoms with Gasteiger partial charge >= 0.3 is 0 Å². The van der Waals surface area contributed by atoms with Gasteiger partial charge in [0, 0.05) is 45.2 Å². The lowest BCUT2D eigenvalue weighted by Crippen LogP contribution is -2.47. The van der Waals surface area contributed by atoms with Gasteiger partial charge in [0.25, 0.3) is 0 Å². The van der Waals surface area contributed by atoms with Gasteiger partial charge in [0.15, 0.2) is 11.8 Å². The highest BCUT2D eigenvalue weighted by atomic mass is 127. The molecule has 0 aliphatic carbocycles. The van der Waals surface area contributed by atoms with E-state index in [1.54, 1.807) is 7.11 Å². The highest BCUT2D eigenvalue weighted by molar-refractivity contribution is 14.0. The van der Waals surface area contributed by atoms with Gasteiger partial charge in [-0.05, 0) is 38.7 Å². The van der Waals surface area contributed by atoms with E-state index in [-0.39, 0.29) is 36.1 Å². The van der Waals surface area contributed by atoms with Crippen LogP contribution in [-0.4, -0.2) is 53.6 Å². The molecule has 8 nitrogen and oxygen atoms in total. The second kappa shape index (κ2) is 12.7. The fourth-order valence-corrected chi connectivity index (χ4v) is 4.55. The Balaban J connectivity index is 0.00000306. The maximum Gasteiger partial charge on any atom is 0.191 e. The molecule has 0 amide bonds. The zero-order chi connectivity index (χ0) is 22.3. The number of hydrogen-bond donors (Lipinski definition) is 2. The summed E-state index contributed by atoms with van der Waals surface area (Å²) in [7, 11) is 1.67. The summed E-state index contributed by atoms with van der Waals surface area (Å²) in [5, 5.41) is 11.6. The standard InChI is InChI=1S/C24H36N6O2.HI/c1-4-25-24(27-20-11-12-22-28-21(16-31-3)29-30(22)15-20)26-14-19-6-5-13-32-23(19)18-9-7-17(2)8-10-18;/h7-10,19-20,23H,4-6,11-16H2,1-3H3,(H2,25,26,27);1H. The van der Waals surface area contributed by atoms with Crippen molar-refractivity contribution >= 4 is 29.9 Å². The van der Waals surface area contributed by atoms with Gasteiger partial charge in [-0.15, -0.1) is 24.0 Å². The minimum atomic E-state index is 0. The molecule has 1 fully saturated rings. The van der Waals surface area contributed by atoms with Crippen molar-refractivity contribution in [3.05, 3.63) is 47.0 Å². The summed E-state index contributed by atoms with van der Waals surface area (Å²) < 4.78 is 13.4. The van der Waals surface area contributed by atoms with Crippen molar-refractivity contribution in [3.8, 4) is 0 Å². The molecule has 3 unspecified atom stereocenters. The van der Waals surface area contributed by atoms with Crippen molar-refractivity contribution in [2.75, 3.05) is 26.8 Å². The molecular weight excluding hydrogens is 531 g/mol. The number of fused-ring (bicyclic) bond motifs is 1. The smallest absolute Gasteiger partial charge is 0.191 e. The van der Waals surface area contributed by atoms with Crippen LogP contribution >= 0.6 is 24.0 Å². The molecule has 2 aromatic rings. The Morgan fingerprint density at radius 2 is 2.09 bits per heavy atom. The topological polar surface area (TPSA) is 85.6 Å². The number of nitrogens with one attached hydrogen (secondary N) is 2. The molecule has 1 saturated heterocycles. The van der Waals surface area contributed by atoms with Crippen LogP contribution in [0.2, 0.25) is 0 Å². The third kappa shape index (κ3) is 6.89. The molecule has 2 aliphatic heterocycles. The highest BCUT2D eigenvalue weighted by Gasteiger charge is 2.28. The van der Waals surface area contributed by atoms with Crippen LogP contribution < -0.4 is 10.6 Å². The van der Waals surface area contributed by atoms with Crippen molar-refractivity contribution in [3.63, 3.8) is 0 Å². The molecule has 4 rings (SSSR count). The van der Waals surface area contributed by atoms with E-state index in [4.69, 9.17) is 14.5 Å². The van der Waals surface area contributed by atoms with E-state index in [0.29, 0.717) is 12.5 Å². The van der Waals surface area contributed by atoms with Gasteiger partial charge in [-0.3, -0.25) is 4.99 Å². The zero-order valence-corrected chi connectivity index (χ0v) is 22.2. The van der Waals surface area contributed by atoms with Gasteiger partial charge in [0.1, 0.15) is 12.4 Å². The maximum atomic E-state index is 6.18. The number of benzene rings is 1. The first kappa shape index (κ1) is 25.9. The molecule has 1 aromatic carbocycles. The van der Waals surface area contributed by atoms with Crippen LogP contribution in [0.25, 0.3) is 0 Å². The first-order valence-corrected chi connectivity index (χ1v) is 11.8. The molecule has 2 N–H and O–H groups in total. The average Bonchev–Trinajstić information content (AvgIpc) is 3.20. The van der Waals surface area contributed by atoms with Crippen LogP contribution in [0, 0.1) is 12.8 Å². The van der Waals surface area contributed by atoms with E-state index in [2.05, 4.69) is 58.8 Å². The second-order valence-electron chi connectivity index (χ2n) is 8.76. The van der Waals surface area contributed by atoms with Gasteiger partial charge in [-0.1, -0.05) is 29.8 Å². The summed E-state index contributed by atoms with van der Waals surface area (Å²) in [4.78, 5) is 9.53. The maximum absolute atomic E-state index is 6.18. The minimum absolute atomic E-state index is 0. The molecular formula is C24H37IN6O2. The average molecular weight is 569 g/mol. The SMILES string of the molecule is CCNC(=NCC1CCCOC1c1ccc(C)cc1)NC1CCc2nc(COC)nn2C1.I. The van der Waals surface area contributed by atoms with Crippen LogP contribution in [0.5, 0.6) is 0 Å². The van der Waals surface area contributed by atoms with Crippen molar-refractivity contribution < 1.29 is 9.47 Å². The number of rotatable bonds is 7. The quantitative estimate of drug-likeness (QED) is 0.303. The van der Waals surface area contributed by atoms with Crippen LogP contribution in [0.4, 0.5) is 0 Å². The summed E-state index contributed by atoms with van der Waals surface area (Å²) in [5.74, 6) is 3.04. The molecule has 0 saturated carbocycles. The molecule has 9 heteroatoms. The van der Waals surface area contributed by atoms with Gasteiger partial charge in [-0.2, -0.15) is 5.10 Å². The number of aryl methyl sites for hydroxylation is 2. The van der Waals surface area contributed by atoms with Crippen molar-refractivity contribution in [2.24, 2.45) is 10.9 Å². The van der Waals surface area contributed by atoms with Gasteiger partial charge < -0.3 is 20.1 Å². The summed E-state index contributed by atoms with van der Waals surface area (Å²) in [5.41, 5.74) is 2.53. The van der Waals surface area contributed by atoms with Crippen LogP contribution in [0.15, 0.2) is 29.3 Å². The van der Waals surface area contributed by atoms with Crippen LogP contribution in [-0.2, 0) is 29.0 Å². The Kier molecular flexibility index (Phi) is 9.94. The number of methoxy groups -OCH3 is 1. The third-order valence-electron chi connectivity index (χ3n) is 6.20. The first-order valence-electron chi connectivity index (χ1n) is 11.8. The number of ether oxygens (including phenoxy) is 2. The molecule has 0 bridgehead atoms. The van der Waals surface area contributed by atoms with Crippen molar-refractivity contribution in [1.82, 2.24) is 25.4 Å². The van der Waals surface area contributed by atoms with Gasteiger partial charge in [0.05, 0.1) is 12.6 Å². The van der Waals surface area contributed by atoms with E-state index in [1.807, 2.05) is 4.68 Å². The Morgan fingerprint density at radius 1 is 1.27 bits per heavy atom. The first-order chi connectivity index (χ1) is 15.7. The molecule has 0 radical (unpaired) electrons. The number of halogens is 1. The van der Waals surface area contributed by atoms with E-state index < -0.39 is 0 Å². The largest absolute Gasteiger partial charge is 0.377 e. The predicted molar refractivity (Wildman–Crippen MR) is 140 cm³/mol. The monoisotopic (exact) mass is 568 g/mol. The number of hydrogen-bond acceptors (Lipinski definition) is 5. The van der Waals surface area contributed by atoms with E-state index in [1.165, 1.54) is 11.1 Å². The molecule has 3 heterocycles. The van der Waals surface area contributed by atoms with E-state index in [0.717, 1.165) is 69.5 Å². The Bertz CT molecular complexity index is 901. The summed E-state index contributed by atoms with van der Waals surface area (Å²) in [6, 6.07) is 8.99. The van der Waals surface area contributed by atoms with E-state index >= 15 is 0 Å². The Hall–Kier alpha value is -1.72. The van der Waals surface area contributed by atoms with Gasteiger partial charge in [-0.25, -0.2) is 9.67 Å². The van der Waals surface area contributed by atoms with Gasteiger partial charge in [0.2, 0.25) is 0 Å². The number of aromatic nitrogens is 3. The lowest BCUT2D eigenvalue weighted by molar-refractivity contribution is -0.0250. The molecule has 3 atom stereocenters. The van der Waals surface area contributed by atoms with Crippen molar-refractivity contribution in [1.29, 1.82) is 0 Å². The summed E-state index contributed by atoms with van der Waals surface area (Å²) >= 11 is 0. The second-order valence-corrected chi connectivity index (χ2v) is 8.76. The summed E-state index contributed by atoms with van der Waals surface area (Å²) in [6.07, 6.45) is 4.25. The van der Waals surface area contributed by atoms with Crippen LogP contribution in [0.1, 0.15) is 55.1 Å². The Morgan fingerprint density at radius 3 is 2.85 bits per heavy atom. The molecule has 2 aliphatic rings. The van der Waals surface area contributed by atoms with E-state index in [9.17, 15) is 0 Å². The minimum Gasteiger partial charge on any atom is -0.377 e.